The summed E-state index contributed by atoms with van der Waals surface area (Å²) >= 11 is 1.86. The zero-order valence-electron chi connectivity index (χ0n) is 35.3. The van der Waals surface area contributed by atoms with Crippen LogP contribution >= 0.6 is 11.3 Å². The summed E-state index contributed by atoms with van der Waals surface area (Å²) in [5.74, 6) is -1.95. The SMILES string of the molecule is C=C(NCC(C)(C)C(C)(C)C(=C)NCCc1ccc(N2CCN(C)CC2=C)s1)c1cccc(-c2nc(NC(=C)C3(c4ccc5c(c4)CC(F)(F)C5)CC3)ccc2C)c1. The maximum absolute atomic E-state index is 14.1. The Morgan fingerprint density at radius 3 is 2.41 bits per heavy atom. The fourth-order valence-corrected chi connectivity index (χ4v) is 9.30. The highest BCUT2D eigenvalue weighted by molar-refractivity contribution is 7.16. The molecule has 0 unspecified atom stereocenters. The minimum absolute atomic E-state index is 0.153. The summed E-state index contributed by atoms with van der Waals surface area (Å²) < 4.78 is 28.3. The van der Waals surface area contributed by atoms with Crippen LogP contribution in [0, 0.1) is 17.8 Å². The zero-order chi connectivity index (χ0) is 41.6. The van der Waals surface area contributed by atoms with Gasteiger partial charge in [-0.3, -0.25) is 4.90 Å². The summed E-state index contributed by atoms with van der Waals surface area (Å²) in [5.41, 5.74) is 9.73. The number of piperazine rings is 1. The molecule has 0 spiro atoms. The Labute approximate surface area is 348 Å². The summed E-state index contributed by atoms with van der Waals surface area (Å²) in [5, 5.41) is 12.1. The van der Waals surface area contributed by atoms with Gasteiger partial charge in [0, 0.05) is 89.6 Å². The average Bonchev–Trinajstić information content (AvgIpc) is 3.75. The van der Waals surface area contributed by atoms with E-state index < -0.39 is 5.92 Å². The molecule has 6 nitrogen and oxygen atoms in total. The number of thiophene rings is 1. The first-order valence-corrected chi connectivity index (χ1v) is 21.3. The Morgan fingerprint density at radius 2 is 1.67 bits per heavy atom. The number of allylic oxidation sites excluding steroid dienone is 2. The average molecular weight is 803 g/mol. The monoisotopic (exact) mass is 802 g/mol. The van der Waals surface area contributed by atoms with Crippen LogP contribution in [-0.2, 0) is 24.7 Å². The van der Waals surface area contributed by atoms with Gasteiger partial charge in [0.1, 0.15) is 5.82 Å². The van der Waals surface area contributed by atoms with Crippen molar-refractivity contribution in [1.29, 1.82) is 0 Å². The number of nitrogens with zero attached hydrogens (tertiary/aromatic N) is 3. The maximum atomic E-state index is 14.1. The van der Waals surface area contributed by atoms with E-state index in [4.69, 9.17) is 4.98 Å². The molecule has 0 atom stereocenters. The van der Waals surface area contributed by atoms with E-state index >= 15 is 0 Å². The fraction of sp³-hybridized carbons (Fsp3) is 0.408. The molecular formula is C49H60F2N6S. The second kappa shape index (κ2) is 15.8. The molecule has 0 bridgehead atoms. The summed E-state index contributed by atoms with van der Waals surface area (Å²) in [6.45, 7) is 33.3. The lowest BCUT2D eigenvalue weighted by Gasteiger charge is -2.44. The Morgan fingerprint density at radius 1 is 0.914 bits per heavy atom. The lowest BCUT2D eigenvalue weighted by atomic mass is 9.66. The van der Waals surface area contributed by atoms with Gasteiger partial charge in [0.15, 0.2) is 0 Å². The van der Waals surface area contributed by atoms with Gasteiger partial charge in [-0.25, -0.2) is 13.8 Å². The van der Waals surface area contributed by atoms with Gasteiger partial charge in [-0.05, 0) is 90.7 Å². The standard InChI is InChI=1S/C49H60F2N6S/c1-32-14-18-43(54-36(5)48(21-22-48)41-16-15-39-28-49(50,51)29-40(39)27-41)55-45(32)38-13-11-12-37(26-38)34(3)53-31-46(6,7)47(8,9)35(4)52-23-20-42-17-19-44(58-42)57-25-24-56(10)30-33(57)2/h11-19,26-27,52-53H,2-5,20-25,28-31H2,1,6-10H3,(H,54,55). The number of benzene rings is 2. The lowest BCUT2D eigenvalue weighted by molar-refractivity contribution is 0.0130. The lowest BCUT2D eigenvalue weighted by Crippen LogP contribution is -2.44. The number of aryl methyl sites for hydroxylation is 1. The van der Waals surface area contributed by atoms with Crippen LogP contribution in [0.5, 0.6) is 0 Å². The van der Waals surface area contributed by atoms with E-state index in [-0.39, 0.29) is 29.1 Å². The molecule has 0 amide bonds. The van der Waals surface area contributed by atoms with Crippen molar-refractivity contribution < 1.29 is 8.78 Å². The van der Waals surface area contributed by atoms with Crippen LogP contribution in [0.25, 0.3) is 17.0 Å². The molecular weight excluding hydrogens is 743 g/mol. The molecule has 1 saturated carbocycles. The maximum Gasteiger partial charge on any atom is 0.256 e. The van der Waals surface area contributed by atoms with Gasteiger partial charge in [-0.1, -0.05) is 96.5 Å². The first kappa shape index (κ1) is 41.4. The smallest absolute Gasteiger partial charge is 0.256 e. The molecule has 2 fully saturated rings. The molecule has 3 aliphatic rings. The number of likely N-dealkylation sites (N-methyl/N-ethyl adjacent to an activating group) is 1. The molecule has 1 saturated heterocycles. The number of nitrogens with one attached hydrogen (secondary N) is 3. The van der Waals surface area contributed by atoms with Gasteiger partial charge in [-0.15, -0.1) is 11.3 Å². The minimum atomic E-state index is -2.66. The van der Waals surface area contributed by atoms with E-state index in [2.05, 4.69) is 130 Å². The van der Waals surface area contributed by atoms with Gasteiger partial charge in [-0.2, -0.15) is 0 Å². The van der Waals surface area contributed by atoms with Gasteiger partial charge in [0.2, 0.25) is 0 Å². The molecule has 58 heavy (non-hydrogen) atoms. The number of halogens is 2. The molecule has 9 heteroatoms. The highest BCUT2D eigenvalue weighted by Crippen LogP contribution is 2.54. The fourth-order valence-electron chi connectivity index (χ4n) is 8.22. The molecule has 2 aromatic heterocycles. The topological polar surface area (TPSA) is 55.5 Å². The van der Waals surface area contributed by atoms with Crippen LogP contribution in [-0.4, -0.2) is 55.6 Å². The van der Waals surface area contributed by atoms with E-state index in [1.165, 1.54) is 9.88 Å². The van der Waals surface area contributed by atoms with E-state index in [9.17, 15) is 8.78 Å². The predicted octanol–water partition coefficient (Wildman–Crippen LogP) is 10.7. The van der Waals surface area contributed by atoms with Gasteiger partial charge in [0.25, 0.3) is 5.92 Å². The number of aromatic nitrogens is 1. The van der Waals surface area contributed by atoms with Crippen LogP contribution in [0.2, 0.25) is 0 Å². The molecule has 0 radical (unpaired) electrons. The van der Waals surface area contributed by atoms with E-state index in [0.29, 0.717) is 12.4 Å². The van der Waals surface area contributed by atoms with Crippen LogP contribution in [0.15, 0.2) is 110 Å². The second-order valence-electron chi connectivity index (χ2n) is 18.0. The number of alkyl halides is 2. The minimum Gasteiger partial charge on any atom is -0.388 e. The molecule has 1 aliphatic heterocycles. The number of rotatable bonds is 16. The summed E-state index contributed by atoms with van der Waals surface area (Å²) in [6, 6.07) is 22.7. The summed E-state index contributed by atoms with van der Waals surface area (Å²) in [4.78, 5) is 11.1. The molecule has 2 aromatic carbocycles. The highest BCUT2D eigenvalue weighted by Gasteiger charge is 2.48. The Hall–Kier alpha value is -4.73. The molecule has 306 valence electrons. The number of fused-ring (bicyclic) bond motifs is 1. The molecule has 7 rings (SSSR count). The number of anilines is 2. The highest BCUT2D eigenvalue weighted by atomic mass is 32.1. The number of hydrogen-bond acceptors (Lipinski definition) is 7. The summed E-state index contributed by atoms with van der Waals surface area (Å²) in [6.07, 6.45) is 2.43. The second-order valence-corrected chi connectivity index (χ2v) is 19.2. The summed E-state index contributed by atoms with van der Waals surface area (Å²) in [7, 11) is 2.15. The van der Waals surface area contributed by atoms with Crippen molar-refractivity contribution in [2.24, 2.45) is 10.8 Å². The van der Waals surface area contributed by atoms with E-state index in [0.717, 1.165) is 107 Å². The molecule has 4 aromatic rings. The van der Waals surface area contributed by atoms with Crippen molar-refractivity contribution in [3.63, 3.8) is 0 Å². The quantitative estimate of drug-likeness (QED) is 0.105. The largest absolute Gasteiger partial charge is 0.388 e. The third kappa shape index (κ3) is 8.53. The molecule has 3 heterocycles. The van der Waals surface area contributed by atoms with Crippen molar-refractivity contribution in [1.82, 2.24) is 20.5 Å². The van der Waals surface area contributed by atoms with E-state index in [1.54, 1.807) is 0 Å². The third-order valence-electron chi connectivity index (χ3n) is 13.2. The van der Waals surface area contributed by atoms with Crippen molar-refractivity contribution in [3.8, 4) is 11.3 Å². The van der Waals surface area contributed by atoms with Gasteiger partial charge < -0.3 is 20.9 Å². The van der Waals surface area contributed by atoms with Crippen LogP contribution in [0.4, 0.5) is 19.6 Å². The van der Waals surface area contributed by atoms with Gasteiger partial charge >= 0.3 is 0 Å². The predicted molar refractivity (Wildman–Crippen MR) is 241 cm³/mol. The third-order valence-corrected chi connectivity index (χ3v) is 14.4. The zero-order valence-corrected chi connectivity index (χ0v) is 36.1. The first-order chi connectivity index (χ1) is 27.4. The number of pyridine rings is 1. The Balaban J connectivity index is 0.943. The van der Waals surface area contributed by atoms with Crippen LogP contribution in [0.1, 0.15) is 73.2 Å². The first-order valence-electron chi connectivity index (χ1n) is 20.5. The van der Waals surface area contributed by atoms with Crippen molar-refractivity contribution in [2.45, 2.75) is 78.1 Å². The van der Waals surface area contributed by atoms with Gasteiger partial charge in [0.05, 0.1) is 10.7 Å². The van der Waals surface area contributed by atoms with Crippen molar-refractivity contribution >= 4 is 27.9 Å². The Bertz CT molecular complexity index is 2240. The molecule has 2 aliphatic carbocycles. The van der Waals surface area contributed by atoms with Crippen LogP contribution in [0.3, 0.4) is 0 Å². The molecule has 3 N–H and O–H groups in total. The van der Waals surface area contributed by atoms with Crippen molar-refractivity contribution in [3.05, 3.63) is 143 Å². The van der Waals surface area contributed by atoms with Crippen molar-refractivity contribution in [2.75, 3.05) is 50.0 Å². The number of hydrogen-bond donors (Lipinski definition) is 3. The van der Waals surface area contributed by atoms with E-state index in [1.807, 2.05) is 41.7 Å². The Kier molecular flexibility index (Phi) is 11.3. The normalized spacial score (nSPS) is 17.4. The van der Waals surface area contributed by atoms with Crippen LogP contribution < -0.4 is 20.9 Å².